The molecule has 25 heavy (non-hydrogen) atoms. The quantitative estimate of drug-likeness (QED) is 0.561. The molecule has 0 aliphatic heterocycles. The van der Waals surface area contributed by atoms with Gasteiger partial charge in [0.05, 0.1) is 0 Å². The first-order valence-corrected chi connectivity index (χ1v) is 8.36. The van der Waals surface area contributed by atoms with Crippen LogP contribution in [-0.2, 0) is 9.47 Å². The van der Waals surface area contributed by atoms with Gasteiger partial charge in [0, 0.05) is 0 Å². The average Bonchev–Trinajstić information content (AvgIpc) is 2.58. The van der Waals surface area contributed by atoms with Gasteiger partial charge in [0.1, 0.15) is 5.60 Å². The van der Waals surface area contributed by atoms with Gasteiger partial charge in [-0.15, -0.1) is 0 Å². The highest BCUT2D eigenvalue weighted by molar-refractivity contribution is 5.83. The van der Waals surface area contributed by atoms with Crippen molar-refractivity contribution < 1.29 is 14.3 Å². The van der Waals surface area contributed by atoms with Crippen molar-refractivity contribution >= 4 is 16.9 Å². The zero-order valence-electron chi connectivity index (χ0n) is 14.7. The molecule has 3 aromatic rings. The van der Waals surface area contributed by atoms with Crippen LogP contribution in [-0.4, -0.2) is 11.8 Å². The average molecular weight is 334 g/mol. The van der Waals surface area contributed by atoms with Crippen LogP contribution in [0.1, 0.15) is 38.0 Å². The Labute approximate surface area is 148 Å². The number of hydrogen-bond acceptors (Lipinski definition) is 3. The SMILES string of the molecule is CC(C)(C)OC(=O)OC(c1ccccc1)c1ccc2ccccc2c1. The molecule has 0 saturated carbocycles. The molecule has 0 heterocycles. The summed E-state index contributed by atoms with van der Waals surface area (Å²) < 4.78 is 11.0. The summed E-state index contributed by atoms with van der Waals surface area (Å²) in [7, 11) is 0. The molecule has 1 unspecified atom stereocenters. The molecule has 0 aliphatic carbocycles. The smallest absolute Gasteiger partial charge is 0.429 e. The minimum absolute atomic E-state index is 0.513. The maximum absolute atomic E-state index is 12.2. The topological polar surface area (TPSA) is 35.5 Å². The number of carbonyl (C=O) groups excluding carboxylic acids is 1. The van der Waals surface area contributed by atoms with Crippen molar-refractivity contribution in [1.29, 1.82) is 0 Å². The van der Waals surface area contributed by atoms with E-state index in [0.717, 1.165) is 21.9 Å². The van der Waals surface area contributed by atoms with Gasteiger partial charge in [-0.25, -0.2) is 4.79 Å². The van der Waals surface area contributed by atoms with Crippen LogP contribution in [0.25, 0.3) is 10.8 Å². The zero-order valence-corrected chi connectivity index (χ0v) is 14.7. The van der Waals surface area contributed by atoms with Crippen LogP contribution < -0.4 is 0 Å². The molecule has 3 rings (SSSR count). The Bertz CT molecular complexity index is 863. The Morgan fingerprint density at radius 2 is 1.44 bits per heavy atom. The molecule has 0 N–H and O–H groups in total. The van der Waals surface area contributed by atoms with E-state index in [-0.39, 0.29) is 0 Å². The normalized spacial score (nSPS) is 12.6. The minimum atomic E-state index is -0.672. The van der Waals surface area contributed by atoms with Gasteiger partial charge in [-0.3, -0.25) is 0 Å². The summed E-state index contributed by atoms with van der Waals surface area (Å²) in [5.74, 6) is 0. The largest absolute Gasteiger partial charge is 0.509 e. The summed E-state index contributed by atoms with van der Waals surface area (Å²) in [6.07, 6.45) is -1.19. The molecule has 0 saturated heterocycles. The lowest BCUT2D eigenvalue weighted by molar-refractivity contribution is -0.0201. The molecule has 3 aromatic carbocycles. The highest BCUT2D eigenvalue weighted by Gasteiger charge is 2.24. The summed E-state index contributed by atoms with van der Waals surface area (Å²) in [6, 6.07) is 23.9. The van der Waals surface area contributed by atoms with Crippen LogP contribution in [0.2, 0.25) is 0 Å². The van der Waals surface area contributed by atoms with Crippen molar-refractivity contribution in [2.75, 3.05) is 0 Å². The predicted octanol–water partition coefficient (Wildman–Crippen LogP) is 5.88. The first kappa shape index (κ1) is 17.0. The highest BCUT2D eigenvalue weighted by Crippen LogP contribution is 2.29. The molecule has 0 amide bonds. The fourth-order valence-corrected chi connectivity index (χ4v) is 2.70. The predicted molar refractivity (Wildman–Crippen MR) is 99.6 cm³/mol. The standard InChI is InChI=1S/C22H22O3/c1-22(2,3)25-21(23)24-20(17-10-5-4-6-11-17)19-14-13-16-9-7-8-12-18(16)15-19/h4-15,20H,1-3H3. The van der Waals surface area contributed by atoms with Crippen LogP contribution >= 0.6 is 0 Å². The lowest BCUT2D eigenvalue weighted by atomic mass is 9.98. The van der Waals surface area contributed by atoms with Crippen molar-refractivity contribution in [2.24, 2.45) is 0 Å². The monoisotopic (exact) mass is 334 g/mol. The number of benzene rings is 3. The van der Waals surface area contributed by atoms with Gasteiger partial charge >= 0.3 is 6.16 Å². The van der Waals surface area contributed by atoms with E-state index in [1.165, 1.54) is 0 Å². The lowest BCUT2D eigenvalue weighted by Gasteiger charge is -2.23. The number of hydrogen-bond donors (Lipinski definition) is 0. The summed E-state index contributed by atoms with van der Waals surface area (Å²) in [5, 5.41) is 2.25. The van der Waals surface area contributed by atoms with Crippen molar-refractivity contribution in [3.05, 3.63) is 83.9 Å². The van der Waals surface area contributed by atoms with E-state index in [2.05, 4.69) is 12.1 Å². The molecule has 1 atom stereocenters. The number of rotatable bonds is 3. The lowest BCUT2D eigenvalue weighted by Crippen LogP contribution is -2.25. The first-order valence-electron chi connectivity index (χ1n) is 8.36. The van der Waals surface area contributed by atoms with Crippen LogP contribution in [0.3, 0.4) is 0 Å². The molecule has 0 fully saturated rings. The molecular formula is C22H22O3. The second-order valence-corrected chi connectivity index (χ2v) is 6.98. The van der Waals surface area contributed by atoms with Crippen molar-refractivity contribution in [3.63, 3.8) is 0 Å². The number of carbonyl (C=O) groups is 1. The maximum atomic E-state index is 12.2. The molecule has 0 bridgehead atoms. The van der Waals surface area contributed by atoms with Gasteiger partial charge in [-0.1, -0.05) is 66.7 Å². The second kappa shape index (κ2) is 6.98. The van der Waals surface area contributed by atoms with E-state index >= 15 is 0 Å². The summed E-state index contributed by atoms with van der Waals surface area (Å²) >= 11 is 0. The van der Waals surface area contributed by atoms with Crippen LogP contribution in [0, 0.1) is 0 Å². The van der Waals surface area contributed by atoms with E-state index in [0.29, 0.717) is 0 Å². The van der Waals surface area contributed by atoms with Gasteiger partial charge in [-0.05, 0) is 48.7 Å². The summed E-state index contributed by atoms with van der Waals surface area (Å²) in [4.78, 5) is 12.2. The zero-order chi connectivity index (χ0) is 17.9. The highest BCUT2D eigenvalue weighted by atomic mass is 16.7. The Kier molecular flexibility index (Phi) is 4.75. The third-order valence-electron chi connectivity index (χ3n) is 3.78. The van der Waals surface area contributed by atoms with E-state index in [4.69, 9.17) is 9.47 Å². The van der Waals surface area contributed by atoms with Crippen molar-refractivity contribution in [3.8, 4) is 0 Å². The summed E-state index contributed by atoms with van der Waals surface area (Å²) in [5.41, 5.74) is 1.22. The Hall–Kier alpha value is -2.81. The fraction of sp³-hybridized carbons (Fsp3) is 0.227. The Balaban J connectivity index is 1.96. The van der Waals surface area contributed by atoms with E-state index in [9.17, 15) is 4.79 Å². The third kappa shape index (κ3) is 4.38. The molecule has 0 aromatic heterocycles. The van der Waals surface area contributed by atoms with E-state index in [1.807, 2.05) is 81.4 Å². The van der Waals surface area contributed by atoms with E-state index in [1.54, 1.807) is 0 Å². The minimum Gasteiger partial charge on any atom is -0.429 e. The van der Waals surface area contributed by atoms with Gasteiger partial charge in [0.25, 0.3) is 0 Å². The number of fused-ring (bicyclic) bond motifs is 1. The third-order valence-corrected chi connectivity index (χ3v) is 3.78. The first-order chi connectivity index (χ1) is 11.9. The second-order valence-electron chi connectivity index (χ2n) is 6.98. The van der Waals surface area contributed by atoms with Gasteiger partial charge in [0.2, 0.25) is 0 Å². The van der Waals surface area contributed by atoms with Crippen LogP contribution in [0.15, 0.2) is 72.8 Å². The van der Waals surface area contributed by atoms with Crippen LogP contribution in [0.4, 0.5) is 4.79 Å². The van der Waals surface area contributed by atoms with Crippen LogP contribution in [0.5, 0.6) is 0 Å². The molecule has 3 nitrogen and oxygen atoms in total. The van der Waals surface area contributed by atoms with Gasteiger partial charge in [0.15, 0.2) is 6.10 Å². The Morgan fingerprint density at radius 1 is 0.800 bits per heavy atom. The summed E-state index contributed by atoms with van der Waals surface area (Å²) in [6.45, 7) is 5.46. The molecule has 0 aliphatic rings. The molecule has 128 valence electrons. The van der Waals surface area contributed by atoms with E-state index < -0.39 is 17.9 Å². The van der Waals surface area contributed by atoms with Gasteiger partial charge in [-0.2, -0.15) is 0 Å². The van der Waals surface area contributed by atoms with Crippen molar-refractivity contribution in [2.45, 2.75) is 32.5 Å². The molecule has 0 spiro atoms. The van der Waals surface area contributed by atoms with Gasteiger partial charge < -0.3 is 9.47 Å². The molecular weight excluding hydrogens is 312 g/mol. The molecule has 3 heteroatoms. The van der Waals surface area contributed by atoms with Crippen molar-refractivity contribution in [1.82, 2.24) is 0 Å². The molecule has 0 radical (unpaired) electrons. The number of ether oxygens (including phenoxy) is 2. The Morgan fingerprint density at radius 3 is 2.12 bits per heavy atom. The fourth-order valence-electron chi connectivity index (χ4n) is 2.70. The maximum Gasteiger partial charge on any atom is 0.509 e.